The molecule has 0 aliphatic heterocycles. The molecule has 0 N–H and O–H groups in total. The molecule has 25 heavy (non-hydrogen) atoms. The standard InChI is InChI=1S/C15H19ClNO2Si.C4H9.Sn/c1-20(2,3)10-9-19-11-17-8-7-12-5-4-6-13(16)14(12)15(17)18;1-4(2)3;/h4,6-8H,9-11H2,1-3H3;1-3H3;. The molecule has 2 aromatic rings. The van der Waals surface area contributed by atoms with Crippen LogP contribution in [-0.2, 0) is 11.5 Å². The van der Waals surface area contributed by atoms with Gasteiger partial charge in [-0.2, -0.15) is 0 Å². The van der Waals surface area contributed by atoms with Gasteiger partial charge in [-0.05, 0) is 0 Å². The molecule has 1 aromatic carbocycles. The maximum atomic E-state index is 12.9. The van der Waals surface area contributed by atoms with Gasteiger partial charge in [0.15, 0.2) is 0 Å². The van der Waals surface area contributed by atoms with E-state index in [0.717, 1.165) is 11.4 Å². The number of benzene rings is 1. The van der Waals surface area contributed by atoms with Crippen LogP contribution in [0.15, 0.2) is 29.2 Å². The Labute approximate surface area is 166 Å². The van der Waals surface area contributed by atoms with Crippen molar-refractivity contribution in [2.45, 2.75) is 56.6 Å². The van der Waals surface area contributed by atoms with Gasteiger partial charge in [-0.3, -0.25) is 0 Å². The van der Waals surface area contributed by atoms with Gasteiger partial charge in [0.1, 0.15) is 0 Å². The number of ether oxygens (including phenoxy) is 1. The van der Waals surface area contributed by atoms with Crippen molar-refractivity contribution in [3.8, 4) is 0 Å². The van der Waals surface area contributed by atoms with Crippen molar-refractivity contribution in [3.05, 3.63) is 39.8 Å². The van der Waals surface area contributed by atoms with Gasteiger partial charge in [0.05, 0.1) is 0 Å². The molecule has 0 amide bonds. The number of rotatable bonds is 6. The summed E-state index contributed by atoms with van der Waals surface area (Å²) in [6, 6.07) is 7.12. The summed E-state index contributed by atoms with van der Waals surface area (Å²) in [5, 5.41) is 2.20. The third kappa shape index (κ3) is 6.12. The molecule has 0 unspecified atom stereocenters. The second-order valence-electron chi connectivity index (χ2n) is 8.70. The van der Waals surface area contributed by atoms with Crippen molar-refractivity contribution in [3.63, 3.8) is 0 Å². The monoisotopic (exact) mass is 485 g/mol. The van der Waals surface area contributed by atoms with Crippen LogP contribution in [0, 0.1) is 0 Å². The quantitative estimate of drug-likeness (QED) is 0.446. The molecular formula is C19H28ClNO2SiSn. The van der Waals surface area contributed by atoms with E-state index in [1.807, 2.05) is 18.3 Å². The Hall–Kier alpha value is -0.304. The van der Waals surface area contributed by atoms with E-state index < -0.39 is 29.2 Å². The molecule has 0 aliphatic carbocycles. The van der Waals surface area contributed by atoms with Gasteiger partial charge >= 0.3 is 167 Å². The van der Waals surface area contributed by atoms with E-state index in [1.54, 1.807) is 4.57 Å². The Morgan fingerprint density at radius 3 is 2.48 bits per heavy atom. The molecule has 0 fully saturated rings. The van der Waals surface area contributed by atoms with Crippen molar-refractivity contribution in [2.75, 3.05) is 6.61 Å². The Bertz CT molecular complexity index is 806. The van der Waals surface area contributed by atoms with Crippen molar-refractivity contribution in [1.29, 1.82) is 0 Å². The number of hydrogen-bond donors (Lipinski definition) is 0. The van der Waals surface area contributed by atoms with Crippen LogP contribution in [0.1, 0.15) is 20.8 Å². The van der Waals surface area contributed by atoms with E-state index in [0.29, 0.717) is 27.2 Å². The molecule has 0 aliphatic rings. The van der Waals surface area contributed by atoms with Gasteiger partial charge in [0, 0.05) is 0 Å². The van der Waals surface area contributed by atoms with Crippen LogP contribution >= 0.6 is 11.6 Å². The molecule has 1 aromatic heterocycles. The molecule has 0 saturated carbocycles. The van der Waals surface area contributed by atoms with Crippen LogP contribution in [0.3, 0.4) is 0 Å². The molecular weight excluding hydrogens is 456 g/mol. The summed E-state index contributed by atoms with van der Waals surface area (Å²) in [7, 11) is -1.12. The Morgan fingerprint density at radius 1 is 1.20 bits per heavy atom. The van der Waals surface area contributed by atoms with Crippen LogP contribution in [-0.4, -0.2) is 40.4 Å². The summed E-state index contributed by atoms with van der Waals surface area (Å²) in [6.07, 6.45) is 1.85. The molecule has 0 atom stereocenters. The summed E-state index contributed by atoms with van der Waals surface area (Å²) in [5.41, 5.74) is -0.0503. The fraction of sp³-hybridized carbons (Fsp3) is 0.526. The zero-order valence-electron chi connectivity index (χ0n) is 16.1. The van der Waals surface area contributed by atoms with Gasteiger partial charge in [0.25, 0.3) is 0 Å². The van der Waals surface area contributed by atoms with Crippen LogP contribution < -0.4 is 9.14 Å². The maximum absolute atomic E-state index is 12.9. The van der Waals surface area contributed by atoms with E-state index in [-0.39, 0.29) is 5.56 Å². The van der Waals surface area contributed by atoms with Crippen molar-refractivity contribution in [1.82, 2.24) is 4.57 Å². The second kappa shape index (κ2) is 8.15. The normalized spacial score (nSPS) is 12.8. The zero-order valence-corrected chi connectivity index (χ0v) is 20.7. The fourth-order valence-electron chi connectivity index (χ4n) is 2.52. The van der Waals surface area contributed by atoms with Gasteiger partial charge in [-0.1, -0.05) is 0 Å². The molecule has 1 heterocycles. The third-order valence-electron chi connectivity index (χ3n) is 3.83. The van der Waals surface area contributed by atoms with E-state index in [1.165, 1.54) is 3.58 Å². The molecule has 0 bridgehead atoms. The Morgan fingerprint density at radius 2 is 1.88 bits per heavy atom. The van der Waals surface area contributed by atoms with Crippen LogP contribution in [0.25, 0.3) is 10.8 Å². The fourth-order valence-corrected chi connectivity index (χ4v) is 7.28. The molecule has 0 spiro atoms. The third-order valence-corrected chi connectivity index (χ3v) is 10.00. The average Bonchev–Trinajstić information content (AvgIpc) is 2.46. The van der Waals surface area contributed by atoms with Gasteiger partial charge in [0.2, 0.25) is 0 Å². The van der Waals surface area contributed by atoms with Crippen LogP contribution in [0.4, 0.5) is 0 Å². The summed E-state index contributed by atoms with van der Waals surface area (Å²) in [5.74, 6) is 0. The zero-order chi connectivity index (χ0) is 18.8. The summed E-state index contributed by atoms with van der Waals surface area (Å²) < 4.78 is 9.02. The number of pyridine rings is 1. The van der Waals surface area contributed by atoms with Crippen LogP contribution in [0.2, 0.25) is 34.1 Å². The first kappa shape index (κ1) is 21.0. The predicted molar refractivity (Wildman–Crippen MR) is 112 cm³/mol. The molecule has 3 nitrogen and oxygen atoms in total. The van der Waals surface area contributed by atoms with E-state index in [2.05, 4.69) is 46.5 Å². The number of fused-ring (bicyclic) bond motifs is 1. The van der Waals surface area contributed by atoms with Gasteiger partial charge in [-0.15, -0.1) is 0 Å². The first-order chi connectivity index (χ1) is 11.5. The SMILES string of the molecule is C[C](C)(C)[Sn][c]1ccc(Cl)c2c(=O)n(COCC[Si](C)(C)C)ccc12. The summed E-state index contributed by atoms with van der Waals surface area (Å²) in [4.78, 5) is 12.9. The van der Waals surface area contributed by atoms with Gasteiger partial charge < -0.3 is 0 Å². The van der Waals surface area contributed by atoms with E-state index in [4.69, 9.17) is 16.3 Å². The predicted octanol–water partition coefficient (Wildman–Crippen LogP) is 4.52. The number of hydrogen-bond acceptors (Lipinski definition) is 2. The molecule has 6 heteroatoms. The first-order valence-corrected chi connectivity index (χ1v) is 15.6. The van der Waals surface area contributed by atoms with Gasteiger partial charge in [-0.25, -0.2) is 0 Å². The minimum atomic E-state index is -1.12. The average molecular weight is 485 g/mol. The summed E-state index contributed by atoms with van der Waals surface area (Å²) in [6.45, 7) is 14.8. The molecule has 136 valence electrons. The topological polar surface area (TPSA) is 31.2 Å². The Balaban J connectivity index is 2.30. The van der Waals surface area contributed by atoms with Crippen LogP contribution in [0.5, 0.6) is 0 Å². The second-order valence-corrected chi connectivity index (χ2v) is 21.3. The number of nitrogens with zero attached hydrogens (tertiary/aromatic N) is 1. The molecule has 2 radical (unpaired) electrons. The number of aromatic nitrogens is 1. The van der Waals surface area contributed by atoms with Crippen molar-refractivity contribution >= 4 is 55.2 Å². The number of halogens is 1. The van der Waals surface area contributed by atoms with E-state index >= 15 is 0 Å². The van der Waals surface area contributed by atoms with Crippen molar-refractivity contribution < 1.29 is 4.74 Å². The molecule has 0 saturated heterocycles. The van der Waals surface area contributed by atoms with E-state index in [9.17, 15) is 4.79 Å². The summed E-state index contributed by atoms with van der Waals surface area (Å²) >= 11 is 5.55. The first-order valence-electron chi connectivity index (χ1n) is 8.65. The Kier molecular flexibility index (Phi) is 6.85. The minimum absolute atomic E-state index is 0.0503. The molecule has 2 rings (SSSR count). The van der Waals surface area contributed by atoms with Crippen molar-refractivity contribution in [2.24, 2.45) is 0 Å².